The van der Waals surface area contributed by atoms with Crippen LogP contribution in [0.2, 0.25) is 0 Å². The first kappa shape index (κ1) is 19.3. The zero-order valence-electron chi connectivity index (χ0n) is 16.0. The van der Waals surface area contributed by atoms with Gasteiger partial charge in [-0.25, -0.2) is 9.48 Å². The number of aromatic nitrogens is 5. The van der Waals surface area contributed by atoms with Crippen LogP contribution < -0.4 is 5.32 Å². The van der Waals surface area contributed by atoms with Crippen molar-refractivity contribution in [1.29, 1.82) is 0 Å². The highest BCUT2D eigenvalue weighted by Gasteiger charge is 2.18. The number of hydrogen-bond acceptors (Lipinski definition) is 5. The normalized spacial score (nSPS) is 11.0. The molecule has 0 aliphatic carbocycles. The molecule has 1 amide bonds. The molecule has 0 unspecified atom stereocenters. The lowest BCUT2D eigenvalue weighted by Crippen LogP contribution is -2.15. The maximum Gasteiger partial charge on any atom is 0.358 e. The number of anilines is 1. The van der Waals surface area contributed by atoms with Gasteiger partial charge in [0.15, 0.2) is 5.69 Å². The summed E-state index contributed by atoms with van der Waals surface area (Å²) in [5, 5.41) is 23.6. The van der Waals surface area contributed by atoms with Gasteiger partial charge in [0, 0.05) is 11.4 Å². The predicted molar refractivity (Wildman–Crippen MR) is 103 cm³/mol. The van der Waals surface area contributed by atoms with Crippen molar-refractivity contribution in [2.24, 2.45) is 0 Å². The molecule has 3 rings (SSSR count). The van der Waals surface area contributed by atoms with Crippen LogP contribution in [0.4, 0.5) is 5.69 Å². The molecule has 0 fully saturated rings. The van der Waals surface area contributed by atoms with E-state index in [1.165, 1.54) is 10.9 Å². The Morgan fingerprint density at radius 2 is 2.00 bits per heavy atom. The number of nitrogens with zero attached hydrogens (tertiary/aromatic N) is 5. The molecule has 146 valence electrons. The number of carboxylic acid groups (broad SMARTS) is 1. The Balaban J connectivity index is 1.80. The van der Waals surface area contributed by atoms with E-state index in [2.05, 4.69) is 34.6 Å². The molecule has 0 saturated carbocycles. The predicted octanol–water partition coefficient (Wildman–Crippen LogP) is 3.08. The number of carboxylic acids is 1. The van der Waals surface area contributed by atoms with Crippen molar-refractivity contribution in [3.63, 3.8) is 0 Å². The van der Waals surface area contributed by atoms with Gasteiger partial charge in [-0.1, -0.05) is 25.1 Å². The Morgan fingerprint density at radius 3 is 2.64 bits per heavy atom. The number of carbonyl (C=O) groups excluding carboxylic acids is 1. The molecule has 9 heteroatoms. The third kappa shape index (κ3) is 3.78. The number of hydrogen-bond donors (Lipinski definition) is 2. The van der Waals surface area contributed by atoms with E-state index in [0.29, 0.717) is 16.9 Å². The van der Waals surface area contributed by atoms with Crippen molar-refractivity contribution in [1.82, 2.24) is 24.8 Å². The molecule has 2 aromatic heterocycles. The first-order chi connectivity index (χ1) is 13.4. The quantitative estimate of drug-likeness (QED) is 0.649. The van der Waals surface area contributed by atoms with Crippen molar-refractivity contribution >= 4 is 17.6 Å². The van der Waals surface area contributed by atoms with Crippen molar-refractivity contribution < 1.29 is 14.7 Å². The Morgan fingerprint density at radius 1 is 1.25 bits per heavy atom. The second-order valence-corrected chi connectivity index (χ2v) is 6.42. The maximum atomic E-state index is 12.7. The number of rotatable bonds is 7. The molecule has 2 N–H and O–H groups in total. The molecule has 0 aliphatic heterocycles. The first-order valence-electron chi connectivity index (χ1n) is 9.06. The Hall–Kier alpha value is -3.49. The molecule has 28 heavy (non-hydrogen) atoms. The summed E-state index contributed by atoms with van der Waals surface area (Å²) in [5.74, 6) is -1.41. The van der Waals surface area contributed by atoms with Gasteiger partial charge in [-0.15, -0.1) is 5.10 Å². The zero-order chi connectivity index (χ0) is 20.3. The Kier molecular flexibility index (Phi) is 5.53. The van der Waals surface area contributed by atoms with E-state index in [4.69, 9.17) is 5.11 Å². The first-order valence-corrected chi connectivity index (χ1v) is 9.06. The lowest BCUT2D eigenvalue weighted by atomic mass is 10.1. The van der Waals surface area contributed by atoms with Gasteiger partial charge in [0.05, 0.1) is 29.7 Å². The van der Waals surface area contributed by atoms with Crippen LogP contribution in [0, 0.1) is 6.92 Å². The van der Waals surface area contributed by atoms with E-state index < -0.39 is 5.97 Å². The summed E-state index contributed by atoms with van der Waals surface area (Å²) in [6.07, 6.45) is 4.78. The second kappa shape index (κ2) is 8.03. The van der Waals surface area contributed by atoms with Crippen LogP contribution >= 0.6 is 0 Å². The van der Waals surface area contributed by atoms with E-state index in [0.717, 1.165) is 18.5 Å². The second-order valence-electron chi connectivity index (χ2n) is 6.42. The lowest BCUT2D eigenvalue weighted by molar-refractivity contribution is 0.0690. The van der Waals surface area contributed by atoms with Gasteiger partial charge in [-0.3, -0.25) is 9.48 Å². The highest BCUT2D eigenvalue weighted by atomic mass is 16.4. The molecule has 0 aliphatic rings. The van der Waals surface area contributed by atoms with Gasteiger partial charge in [-0.05, 0) is 38.0 Å². The Labute approximate surface area is 162 Å². The van der Waals surface area contributed by atoms with Crippen LogP contribution in [0.1, 0.15) is 59.3 Å². The van der Waals surface area contributed by atoms with Crippen molar-refractivity contribution in [2.75, 3.05) is 5.32 Å². The van der Waals surface area contributed by atoms with Crippen molar-refractivity contribution in [3.05, 3.63) is 53.6 Å². The molecule has 1 aromatic carbocycles. The molecule has 0 bridgehead atoms. The van der Waals surface area contributed by atoms with Crippen molar-refractivity contribution in [3.8, 4) is 5.69 Å². The van der Waals surface area contributed by atoms with Gasteiger partial charge in [0.2, 0.25) is 0 Å². The summed E-state index contributed by atoms with van der Waals surface area (Å²) in [7, 11) is 0. The van der Waals surface area contributed by atoms with Gasteiger partial charge < -0.3 is 10.4 Å². The van der Waals surface area contributed by atoms with E-state index in [-0.39, 0.29) is 17.6 Å². The highest BCUT2D eigenvalue weighted by molar-refractivity contribution is 6.05. The number of aromatic carboxylic acids is 1. The SMILES string of the molecule is CCC(CC)n1ncc(C(=O)Nc2cccc(-n3cc(C(=O)O)nn3)c2)c1C. The third-order valence-electron chi connectivity index (χ3n) is 4.66. The molecule has 0 atom stereocenters. The van der Waals surface area contributed by atoms with Gasteiger partial charge in [0.1, 0.15) is 0 Å². The fourth-order valence-electron chi connectivity index (χ4n) is 3.06. The summed E-state index contributed by atoms with van der Waals surface area (Å²) in [4.78, 5) is 23.7. The summed E-state index contributed by atoms with van der Waals surface area (Å²) in [5.41, 5.74) is 2.33. The van der Waals surface area contributed by atoms with Crippen LogP contribution in [0.3, 0.4) is 0 Å². The average Bonchev–Trinajstić information content (AvgIpc) is 3.31. The largest absolute Gasteiger partial charge is 0.476 e. The lowest BCUT2D eigenvalue weighted by Gasteiger charge is -2.15. The van der Waals surface area contributed by atoms with Crippen LogP contribution in [0.5, 0.6) is 0 Å². The van der Waals surface area contributed by atoms with E-state index in [1.54, 1.807) is 30.5 Å². The number of nitrogens with one attached hydrogen (secondary N) is 1. The monoisotopic (exact) mass is 382 g/mol. The minimum atomic E-state index is -1.15. The standard InChI is InChI=1S/C19H22N6O3/c1-4-14(5-2)25-12(3)16(10-20-25)18(26)21-13-7-6-8-15(9-13)24-11-17(19(27)28)22-23-24/h6-11,14H,4-5H2,1-3H3,(H,21,26)(H,27,28). The van der Waals surface area contributed by atoms with Gasteiger partial charge in [0.25, 0.3) is 5.91 Å². The molecule has 3 aromatic rings. The summed E-state index contributed by atoms with van der Waals surface area (Å²) >= 11 is 0. The topological polar surface area (TPSA) is 115 Å². The smallest absolute Gasteiger partial charge is 0.358 e. The molecular weight excluding hydrogens is 360 g/mol. The number of amides is 1. The van der Waals surface area contributed by atoms with E-state index >= 15 is 0 Å². The molecule has 0 spiro atoms. The Bertz CT molecular complexity index is 1000. The summed E-state index contributed by atoms with van der Waals surface area (Å²) in [6, 6.07) is 7.19. The average molecular weight is 382 g/mol. The number of carbonyl (C=O) groups is 2. The fourth-order valence-corrected chi connectivity index (χ4v) is 3.06. The van der Waals surface area contributed by atoms with Gasteiger partial charge in [-0.2, -0.15) is 5.10 Å². The van der Waals surface area contributed by atoms with E-state index in [1.807, 2.05) is 11.6 Å². The summed E-state index contributed by atoms with van der Waals surface area (Å²) in [6.45, 7) is 6.08. The molecule has 2 heterocycles. The highest BCUT2D eigenvalue weighted by Crippen LogP contribution is 2.21. The van der Waals surface area contributed by atoms with Crippen LogP contribution in [0.25, 0.3) is 5.69 Å². The van der Waals surface area contributed by atoms with E-state index in [9.17, 15) is 9.59 Å². The van der Waals surface area contributed by atoms with Crippen LogP contribution in [0.15, 0.2) is 36.7 Å². The minimum Gasteiger partial charge on any atom is -0.476 e. The minimum absolute atomic E-state index is 0.154. The molecule has 9 nitrogen and oxygen atoms in total. The maximum absolute atomic E-state index is 12.7. The van der Waals surface area contributed by atoms with Crippen molar-refractivity contribution in [2.45, 2.75) is 39.7 Å². The summed E-state index contributed by atoms with van der Waals surface area (Å²) < 4.78 is 3.24. The van der Waals surface area contributed by atoms with Crippen LogP contribution in [-0.4, -0.2) is 41.8 Å². The molecule has 0 saturated heterocycles. The zero-order valence-corrected chi connectivity index (χ0v) is 16.0. The van der Waals surface area contributed by atoms with Gasteiger partial charge >= 0.3 is 5.97 Å². The molecular formula is C19H22N6O3. The third-order valence-corrected chi connectivity index (χ3v) is 4.66. The molecule has 0 radical (unpaired) electrons. The van der Waals surface area contributed by atoms with Crippen LogP contribution in [-0.2, 0) is 0 Å². The fraction of sp³-hybridized carbons (Fsp3) is 0.316. The number of benzene rings is 1.